The van der Waals surface area contributed by atoms with Gasteiger partial charge in [0.25, 0.3) is 0 Å². The van der Waals surface area contributed by atoms with Crippen LogP contribution in [0.25, 0.3) is 0 Å². The third kappa shape index (κ3) is 7.64. The molecule has 7 aliphatic carbocycles. The Balaban J connectivity index is 0.000000155. The highest BCUT2D eigenvalue weighted by molar-refractivity contribution is 6.02. The number of carbonyl (C=O) groups excluding carboxylic acids is 4. The minimum atomic E-state index is -1.42. The van der Waals surface area contributed by atoms with E-state index in [1.807, 2.05) is 0 Å². The maximum Gasteiger partial charge on any atom is 0.333 e. The Bertz CT molecular complexity index is 1600. The second-order valence-electron chi connectivity index (χ2n) is 16.5. The van der Waals surface area contributed by atoms with E-state index in [1.54, 1.807) is 13.8 Å². The molecule has 1 saturated heterocycles. The van der Waals surface area contributed by atoms with E-state index >= 15 is 0 Å². The molecule has 1 aliphatic heterocycles. The van der Waals surface area contributed by atoms with Crippen LogP contribution in [0.2, 0.25) is 0 Å². The molecule has 3 N–H and O–H groups in total. The van der Waals surface area contributed by atoms with Crippen LogP contribution in [0.5, 0.6) is 0 Å². The highest BCUT2D eigenvalue weighted by Gasteiger charge is 2.75. The van der Waals surface area contributed by atoms with E-state index in [4.69, 9.17) is 24.1 Å². The zero-order chi connectivity index (χ0) is 39.2. The summed E-state index contributed by atoms with van der Waals surface area (Å²) in [6.45, 7) is 15.4. The monoisotopic (exact) mass is 742 g/mol. The number of carboxylic acid groups (broad SMARTS) is 3. The van der Waals surface area contributed by atoms with E-state index < -0.39 is 58.5 Å². The first kappa shape index (κ1) is 39.7. The van der Waals surface area contributed by atoms with Crippen LogP contribution in [0.15, 0.2) is 36.5 Å². The van der Waals surface area contributed by atoms with E-state index in [-0.39, 0.29) is 47.8 Å². The maximum atomic E-state index is 11.9. The molecule has 7 atom stereocenters. The molecule has 53 heavy (non-hydrogen) atoms. The third-order valence-corrected chi connectivity index (χ3v) is 12.3. The van der Waals surface area contributed by atoms with Crippen molar-refractivity contribution in [3.05, 3.63) is 36.5 Å². The number of hydrogen-bond donors (Lipinski definition) is 3. The van der Waals surface area contributed by atoms with E-state index in [0.717, 1.165) is 32.1 Å². The zero-order valence-corrected chi connectivity index (χ0v) is 30.6. The molecule has 8 rings (SSSR count). The van der Waals surface area contributed by atoms with Gasteiger partial charge in [0.2, 0.25) is 0 Å². The van der Waals surface area contributed by atoms with Crippen LogP contribution >= 0.6 is 0 Å². The highest BCUT2D eigenvalue weighted by Crippen LogP contribution is 2.64. The van der Waals surface area contributed by atoms with Crippen molar-refractivity contribution in [2.45, 2.75) is 122 Å². The average Bonchev–Trinajstić information content (AvgIpc) is 3.67. The molecule has 0 radical (unpaired) electrons. The number of carbonyl (C=O) groups is 7. The number of ether oxygens (including phenoxy) is 4. The van der Waals surface area contributed by atoms with Crippen LogP contribution < -0.4 is 0 Å². The molecule has 0 aromatic rings. The van der Waals surface area contributed by atoms with Crippen molar-refractivity contribution in [1.82, 2.24) is 0 Å². The molecular formula is C39H50O14. The van der Waals surface area contributed by atoms with Crippen molar-refractivity contribution in [2.24, 2.45) is 40.4 Å². The number of aliphatic carboxylic acids is 3. The largest absolute Gasteiger partial charge is 0.481 e. The van der Waals surface area contributed by atoms with Crippen molar-refractivity contribution in [1.29, 1.82) is 0 Å². The lowest BCUT2D eigenvalue weighted by atomic mass is 9.48. The molecule has 0 aromatic carbocycles. The van der Waals surface area contributed by atoms with E-state index in [0.29, 0.717) is 61.5 Å². The molecule has 7 saturated carbocycles. The smallest absolute Gasteiger partial charge is 0.333 e. The standard InChI is InChI=1S/C15H20O4.C13H14O6.C11H16O4/c1-9(2)12(16)19-15-6-10-3-11(7-15)5-14(4-10,8-15)13(17)18;1-5(2)10(14)18-8-6-3-7-9(8)19-12(17)13(7,4-6)11(15)16;1-7(2)11(14)15-9-5-3-8(4-6-9)10(12)13/h10-11H,1,3-8H2,2H3,(H,17,18);6-9H,1,3-4H2,2H3,(H,15,16);8-9H,1,3-6H2,2H3,(H,12,13). The quantitative estimate of drug-likeness (QED) is 0.125. The molecule has 1 heterocycles. The Morgan fingerprint density at radius 1 is 0.717 bits per heavy atom. The average molecular weight is 743 g/mol. The van der Waals surface area contributed by atoms with Crippen molar-refractivity contribution >= 4 is 41.8 Å². The van der Waals surface area contributed by atoms with Crippen molar-refractivity contribution < 1.29 is 67.8 Å². The van der Waals surface area contributed by atoms with E-state index in [2.05, 4.69) is 19.7 Å². The first-order valence-corrected chi connectivity index (χ1v) is 18.2. The second kappa shape index (κ2) is 14.7. The highest BCUT2D eigenvalue weighted by atomic mass is 16.6. The Labute approximate surface area is 307 Å². The fourth-order valence-corrected chi connectivity index (χ4v) is 10.2. The molecular weight excluding hydrogens is 692 g/mol. The summed E-state index contributed by atoms with van der Waals surface area (Å²) in [6.07, 6.45) is 6.66. The maximum absolute atomic E-state index is 11.9. The predicted molar refractivity (Wildman–Crippen MR) is 184 cm³/mol. The Kier molecular flexibility index (Phi) is 11.0. The predicted octanol–water partition coefficient (Wildman–Crippen LogP) is 4.79. The fraction of sp³-hybridized carbons (Fsp3) is 0.667. The first-order chi connectivity index (χ1) is 24.7. The van der Waals surface area contributed by atoms with Crippen LogP contribution in [-0.2, 0) is 52.5 Å². The Morgan fingerprint density at radius 3 is 1.75 bits per heavy atom. The summed E-state index contributed by atoms with van der Waals surface area (Å²) < 4.78 is 21.3. The van der Waals surface area contributed by atoms with E-state index in [9.17, 15) is 43.8 Å². The van der Waals surface area contributed by atoms with Crippen LogP contribution in [0.4, 0.5) is 0 Å². The van der Waals surface area contributed by atoms with Gasteiger partial charge in [0.1, 0.15) is 23.9 Å². The molecule has 6 bridgehead atoms. The van der Waals surface area contributed by atoms with Crippen LogP contribution in [0, 0.1) is 40.4 Å². The lowest BCUT2D eigenvalue weighted by Gasteiger charge is -2.59. The van der Waals surface area contributed by atoms with Gasteiger partial charge in [0, 0.05) is 35.0 Å². The number of fused-ring (bicyclic) bond motifs is 1. The Morgan fingerprint density at radius 2 is 1.26 bits per heavy atom. The number of carboxylic acids is 3. The molecule has 0 spiro atoms. The minimum absolute atomic E-state index is 0.124. The molecule has 0 aromatic heterocycles. The number of hydrogen-bond acceptors (Lipinski definition) is 11. The summed E-state index contributed by atoms with van der Waals surface area (Å²) in [6, 6.07) is 0. The zero-order valence-electron chi connectivity index (χ0n) is 30.6. The van der Waals surface area contributed by atoms with Gasteiger partial charge in [-0.15, -0.1) is 0 Å². The van der Waals surface area contributed by atoms with Gasteiger partial charge in [-0.3, -0.25) is 19.2 Å². The molecule has 8 fully saturated rings. The first-order valence-electron chi connectivity index (χ1n) is 18.2. The van der Waals surface area contributed by atoms with Gasteiger partial charge in [-0.2, -0.15) is 0 Å². The van der Waals surface area contributed by atoms with Crippen molar-refractivity contribution in [2.75, 3.05) is 0 Å². The van der Waals surface area contributed by atoms with Gasteiger partial charge in [0.15, 0.2) is 5.41 Å². The molecule has 290 valence electrons. The summed E-state index contributed by atoms with van der Waals surface area (Å²) in [5, 5.41) is 27.7. The summed E-state index contributed by atoms with van der Waals surface area (Å²) in [7, 11) is 0. The van der Waals surface area contributed by atoms with Crippen molar-refractivity contribution in [3.8, 4) is 0 Å². The fourth-order valence-electron chi connectivity index (χ4n) is 10.2. The van der Waals surface area contributed by atoms with Gasteiger partial charge in [0.05, 0.1) is 11.3 Å². The summed E-state index contributed by atoms with van der Waals surface area (Å²) in [4.78, 5) is 80.2. The topological polar surface area (TPSA) is 217 Å². The van der Waals surface area contributed by atoms with Gasteiger partial charge in [-0.1, -0.05) is 19.7 Å². The van der Waals surface area contributed by atoms with Crippen LogP contribution in [0.1, 0.15) is 97.8 Å². The van der Waals surface area contributed by atoms with Gasteiger partial charge in [-0.05, 0) is 103 Å². The SMILES string of the molecule is C=C(C)C(=O)OC12CC3CC(C1)CC(C(=O)O)(C3)C2.C=C(C)C(=O)OC1C2CC3C1OC(=O)C3(C(=O)O)C2.C=C(C)C(=O)OC1CCC(C(=O)O)CC1. The third-order valence-electron chi connectivity index (χ3n) is 12.3. The lowest BCUT2D eigenvalue weighted by molar-refractivity contribution is -0.207. The molecule has 7 unspecified atom stereocenters. The minimum Gasteiger partial charge on any atom is -0.481 e. The summed E-state index contributed by atoms with van der Waals surface area (Å²) in [5.41, 5.74) is -1.56. The van der Waals surface area contributed by atoms with Gasteiger partial charge >= 0.3 is 41.8 Å². The Hall–Kier alpha value is -4.49. The molecule has 14 nitrogen and oxygen atoms in total. The normalized spacial score (nSPS) is 37.8. The number of rotatable bonds is 9. The lowest BCUT2D eigenvalue weighted by Crippen LogP contribution is -2.59. The van der Waals surface area contributed by atoms with Crippen LogP contribution in [-0.4, -0.2) is 81.0 Å². The molecule has 0 amide bonds. The van der Waals surface area contributed by atoms with Crippen molar-refractivity contribution in [3.63, 3.8) is 0 Å². The second-order valence-corrected chi connectivity index (χ2v) is 16.5. The van der Waals surface area contributed by atoms with Gasteiger partial charge < -0.3 is 34.3 Å². The molecule has 8 aliphatic rings. The summed E-state index contributed by atoms with van der Waals surface area (Å²) in [5.74, 6) is -4.54. The summed E-state index contributed by atoms with van der Waals surface area (Å²) >= 11 is 0. The van der Waals surface area contributed by atoms with Gasteiger partial charge in [-0.25, -0.2) is 14.4 Å². The molecule has 14 heteroatoms. The number of esters is 4. The van der Waals surface area contributed by atoms with E-state index in [1.165, 1.54) is 6.92 Å². The van der Waals surface area contributed by atoms with Crippen LogP contribution in [0.3, 0.4) is 0 Å².